The maximum Gasteiger partial charge on any atom is 0.249 e. The zero-order chi connectivity index (χ0) is 15.7. The standard InChI is InChI=1S/C18H21N3O/c1-13-11-14-7-4-5-9-16(14)21(13)18(22)17(20(2)3)15-8-6-10-19-12-15/h4-10,12-13,17H,11H2,1-3H3. The lowest BCUT2D eigenvalue weighted by Crippen LogP contribution is -2.43. The van der Waals surface area contributed by atoms with Gasteiger partial charge in [-0.1, -0.05) is 24.3 Å². The minimum Gasteiger partial charge on any atom is -0.307 e. The molecule has 1 aliphatic heterocycles. The molecule has 4 heteroatoms. The molecule has 1 aliphatic rings. The first-order chi connectivity index (χ1) is 10.6. The topological polar surface area (TPSA) is 36.4 Å². The Morgan fingerprint density at radius 1 is 1.27 bits per heavy atom. The normalized spacial score (nSPS) is 18.4. The van der Waals surface area contributed by atoms with Gasteiger partial charge in [0, 0.05) is 24.1 Å². The van der Waals surface area contributed by atoms with E-state index in [-0.39, 0.29) is 18.0 Å². The van der Waals surface area contributed by atoms with Gasteiger partial charge in [-0.3, -0.25) is 14.7 Å². The van der Waals surface area contributed by atoms with E-state index >= 15 is 0 Å². The van der Waals surface area contributed by atoms with Crippen molar-refractivity contribution in [2.45, 2.75) is 25.4 Å². The van der Waals surface area contributed by atoms with E-state index in [1.54, 1.807) is 12.4 Å². The van der Waals surface area contributed by atoms with Crippen LogP contribution in [0.15, 0.2) is 48.8 Å². The highest BCUT2D eigenvalue weighted by Gasteiger charge is 2.36. The summed E-state index contributed by atoms with van der Waals surface area (Å²) >= 11 is 0. The minimum absolute atomic E-state index is 0.107. The molecule has 0 spiro atoms. The lowest BCUT2D eigenvalue weighted by molar-refractivity contribution is -0.123. The summed E-state index contributed by atoms with van der Waals surface area (Å²) in [6.45, 7) is 2.11. The average molecular weight is 295 g/mol. The highest BCUT2D eigenvalue weighted by molar-refractivity contribution is 6.00. The lowest BCUT2D eigenvalue weighted by atomic mass is 10.1. The average Bonchev–Trinajstić information content (AvgIpc) is 2.83. The smallest absolute Gasteiger partial charge is 0.249 e. The molecule has 0 radical (unpaired) electrons. The molecule has 2 aromatic rings. The van der Waals surface area contributed by atoms with Crippen LogP contribution in [0.4, 0.5) is 5.69 Å². The third kappa shape index (κ3) is 2.50. The van der Waals surface area contributed by atoms with Crippen molar-refractivity contribution in [3.05, 3.63) is 59.9 Å². The van der Waals surface area contributed by atoms with Gasteiger partial charge < -0.3 is 4.90 Å². The molecular weight excluding hydrogens is 274 g/mol. The van der Waals surface area contributed by atoms with E-state index in [2.05, 4.69) is 18.0 Å². The highest BCUT2D eigenvalue weighted by atomic mass is 16.2. The van der Waals surface area contributed by atoms with Crippen molar-refractivity contribution in [2.75, 3.05) is 19.0 Å². The molecule has 1 aromatic carbocycles. The molecule has 1 amide bonds. The summed E-state index contributed by atoms with van der Waals surface area (Å²) in [5.74, 6) is 0.107. The SMILES string of the molecule is CC1Cc2ccccc2N1C(=O)C(c1cccnc1)N(C)C. The molecule has 0 fully saturated rings. The zero-order valence-corrected chi connectivity index (χ0v) is 13.2. The minimum atomic E-state index is -0.317. The van der Waals surface area contributed by atoms with Gasteiger partial charge in [0.05, 0.1) is 0 Å². The Morgan fingerprint density at radius 2 is 2.05 bits per heavy atom. The number of carbonyl (C=O) groups excluding carboxylic acids is 1. The number of rotatable bonds is 3. The Bertz CT molecular complexity index is 665. The van der Waals surface area contributed by atoms with Crippen molar-refractivity contribution in [3.63, 3.8) is 0 Å². The third-order valence-corrected chi connectivity index (χ3v) is 4.20. The lowest BCUT2D eigenvalue weighted by Gasteiger charge is -2.31. The molecule has 2 unspecified atom stereocenters. The molecule has 22 heavy (non-hydrogen) atoms. The van der Waals surface area contributed by atoms with Gasteiger partial charge in [-0.15, -0.1) is 0 Å². The zero-order valence-electron chi connectivity index (χ0n) is 13.2. The molecule has 114 valence electrons. The van der Waals surface area contributed by atoms with E-state index in [0.717, 1.165) is 17.7 Å². The highest BCUT2D eigenvalue weighted by Crippen LogP contribution is 2.34. The third-order valence-electron chi connectivity index (χ3n) is 4.20. The Labute approximate surface area is 131 Å². The second-order valence-corrected chi connectivity index (χ2v) is 6.04. The number of para-hydroxylation sites is 1. The second-order valence-electron chi connectivity index (χ2n) is 6.04. The Balaban J connectivity index is 1.98. The fourth-order valence-corrected chi connectivity index (χ4v) is 3.23. The largest absolute Gasteiger partial charge is 0.307 e. The number of carbonyl (C=O) groups is 1. The number of amides is 1. The molecule has 4 nitrogen and oxygen atoms in total. The monoisotopic (exact) mass is 295 g/mol. The number of likely N-dealkylation sites (N-methyl/N-ethyl adjacent to an activating group) is 1. The van der Waals surface area contributed by atoms with Gasteiger partial charge in [0.2, 0.25) is 5.91 Å². The molecular formula is C18H21N3O. The summed E-state index contributed by atoms with van der Waals surface area (Å²) in [6.07, 6.45) is 4.42. The number of pyridine rings is 1. The fraction of sp³-hybridized carbons (Fsp3) is 0.333. The predicted octanol–water partition coefficient (Wildman–Crippen LogP) is 2.66. The van der Waals surface area contributed by atoms with Crippen molar-refractivity contribution in [2.24, 2.45) is 0 Å². The van der Waals surface area contributed by atoms with Crippen molar-refractivity contribution < 1.29 is 4.79 Å². The van der Waals surface area contributed by atoms with E-state index in [1.807, 2.05) is 54.2 Å². The first-order valence-corrected chi connectivity index (χ1v) is 7.57. The first-order valence-electron chi connectivity index (χ1n) is 7.57. The van der Waals surface area contributed by atoms with Crippen molar-refractivity contribution >= 4 is 11.6 Å². The van der Waals surface area contributed by atoms with E-state index in [1.165, 1.54) is 5.56 Å². The summed E-state index contributed by atoms with van der Waals surface area (Å²) in [5.41, 5.74) is 3.21. The Kier molecular flexibility index (Phi) is 3.94. The molecule has 0 aliphatic carbocycles. The number of anilines is 1. The van der Waals surface area contributed by atoms with Crippen LogP contribution in [0.2, 0.25) is 0 Å². The van der Waals surface area contributed by atoms with E-state index in [4.69, 9.17) is 0 Å². The maximum absolute atomic E-state index is 13.2. The van der Waals surface area contributed by atoms with E-state index < -0.39 is 0 Å². The Morgan fingerprint density at radius 3 is 2.73 bits per heavy atom. The molecule has 0 saturated carbocycles. The van der Waals surface area contributed by atoms with Crippen LogP contribution in [0, 0.1) is 0 Å². The molecule has 0 bridgehead atoms. The van der Waals surface area contributed by atoms with Crippen LogP contribution in [-0.4, -0.2) is 35.9 Å². The molecule has 0 N–H and O–H groups in total. The van der Waals surface area contributed by atoms with Crippen molar-refractivity contribution in [1.82, 2.24) is 9.88 Å². The van der Waals surface area contributed by atoms with Crippen LogP contribution in [0.25, 0.3) is 0 Å². The number of fused-ring (bicyclic) bond motifs is 1. The van der Waals surface area contributed by atoms with Gasteiger partial charge in [0.25, 0.3) is 0 Å². The fourth-order valence-electron chi connectivity index (χ4n) is 3.23. The Hall–Kier alpha value is -2.20. The second kappa shape index (κ2) is 5.89. The van der Waals surface area contributed by atoms with Crippen LogP contribution in [0.1, 0.15) is 24.1 Å². The van der Waals surface area contributed by atoms with Gasteiger partial charge in [-0.2, -0.15) is 0 Å². The molecule has 0 saturated heterocycles. The number of aromatic nitrogens is 1. The van der Waals surface area contributed by atoms with Gasteiger partial charge in [0.15, 0.2) is 0 Å². The van der Waals surface area contributed by atoms with Gasteiger partial charge in [0.1, 0.15) is 6.04 Å². The van der Waals surface area contributed by atoms with Crippen molar-refractivity contribution in [1.29, 1.82) is 0 Å². The maximum atomic E-state index is 13.2. The van der Waals surface area contributed by atoms with Crippen LogP contribution in [0.3, 0.4) is 0 Å². The summed E-state index contributed by atoms with van der Waals surface area (Å²) in [4.78, 5) is 21.3. The number of benzene rings is 1. The molecule has 2 heterocycles. The van der Waals surface area contributed by atoms with Crippen LogP contribution >= 0.6 is 0 Å². The first kappa shape index (κ1) is 14.7. The summed E-state index contributed by atoms with van der Waals surface area (Å²) < 4.78 is 0. The van der Waals surface area contributed by atoms with E-state index in [0.29, 0.717) is 0 Å². The van der Waals surface area contributed by atoms with Crippen LogP contribution in [0.5, 0.6) is 0 Å². The molecule has 3 rings (SSSR count). The van der Waals surface area contributed by atoms with Gasteiger partial charge >= 0.3 is 0 Å². The van der Waals surface area contributed by atoms with E-state index in [9.17, 15) is 4.79 Å². The predicted molar refractivity (Wildman–Crippen MR) is 87.8 cm³/mol. The molecule has 1 aromatic heterocycles. The number of hydrogen-bond acceptors (Lipinski definition) is 3. The van der Waals surface area contributed by atoms with Crippen molar-refractivity contribution in [3.8, 4) is 0 Å². The van der Waals surface area contributed by atoms with Crippen LogP contribution in [-0.2, 0) is 11.2 Å². The summed E-state index contributed by atoms with van der Waals surface area (Å²) in [6, 6.07) is 11.9. The van der Waals surface area contributed by atoms with Gasteiger partial charge in [-0.05, 0) is 50.7 Å². The quantitative estimate of drug-likeness (QED) is 0.873. The summed E-state index contributed by atoms with van der Waals surface area (Å²) in [7, 11) is 3.87. The number of hydrogen-bond donors (Lipinski definition) is 0. The van der Waals surface area contributed by atoms with Gasteiger partial charge in [-0.25, -0.2) is 0 Å². The summed E-state index contributed by atoms with van der Waals surface area (Å²) in [5, 5.41) is 0. The number of nitrogens with zero attached hydrogens (tertiary/aromatic N) is 3. The van der Waals surface area contributed by atoms with Crippen LogP contribution < -0.4 is 4.90 Å². The molecule has 2 atom stereocenters.